The molecule has 6 nitrogen and oxygen atoms in total. The highest BCUT2D eigenvalue weighted by Crippen LogP contribution is 2.20. The van der Waals surface area contributed by atoms with Gasteiger partial charge in [-0.1, -0.05) is 72.1 Å². The average Bonchev–Trinajstić information content (AvgIpc) is 2.75. The second-order valence-electron chi connectivity index (χ2n) is 8.46. The van der Waals surface area contributed by atoms with Crippen LogP contribution in [0.15, 0.2) is 0 Å². The van der Waals surface area contributed by atoms with Crippen LogP contribution in [0.1, 0.15) is 111 Å². The lowest BCUT2D eigenvalue weighted by molar-refractivity contribution is -0.149. The monoisotopic (exact) mass is 444 g/mol. The van der Waals surface area contributed by atoms with Crippen molar-refractivity contribution in [2.24, 2.45) is 5.92 Å². The minimum Gasteiger partial charge on any atom is -0.481 e. The first kappa shape index (κ1) is 29.9. The zero-order valence-corrected chi connectivity index (χ0v) is 20.4. The zero-order valence-electron chi connectivity index (χ0n) is 20.4. The summed E-state index contributed by atoms with van der Waals surface area (Å²) < 4.78 is 17.1. The van der Waals surface area contributed by atoms with Gasteiger partial charge in [-0.2, -0.15) is 0 Å². The Hall–Kier alpha value is -1.14. The van der Waals surface area contributed by atoms with E-state index in [9.17, 15) is 9.59 Å². The van der Waals surface area contributed by atoms with E-state index < -0.39 is 5.97 Å². The maximum atomic E-state index is 12.1. The van der Waals surface area contributed by atoms with Crippen molar-refractivity contribution < 1.29 is 28.9 Å². The molecule has 184 valence electrons. The lowest BCUT2D eigenvalue weighted by Crippen LogP contribution is -2.26. The predicted octanol–water partition coefficient (Wildman–Crippen LogP) is 6.15. The van der Waals surface area contributed by atoms with Gasteiger partial charge in [0.25, 0.3) is 0 Å². The van der Waals surface area contributed by atoms with Gasteiger partial charge in [0.15, 0.2) is 0 Å². The molecule has 1 N–H and O–H groups in total. The highest BCUT2D eigenvalue weighted by molar-refractivity contribution is 5.69. The van der Waals surface area contributed by atoms with Gasteiger partial charge in [-0.25, -0.2) is 0 Å². The smallest absolute Gasteiger partial charge is 0.305 e. The second kappa shape index (κ2) is 22.1. The summed E-state index contributed by atoms with van der Waals surface area (Å²) in [6.45, 7) is 8.77. The third-order valence-electron chi connectivity index (χ3n) is 5.56. The molecular weight excluding hydrogens is 396 g/mol. The number of carbonyl (C=O) groups excluding carboxylic acids is 1. The van der Waals surface area contributed by atoms with Gasteiger partial charge in [-0.05, 0) is 31.6 Å². The molecule has 2 atom stereocenters. The van der Waals surface area contributed by atoms with Crippen LogP contribution in [0, 0.1) is 5.92 Å². The number of unbranched alkanes of at least 4 members (excludes halogenated alkanes) is 6. The lowest BCUT2D eigenvalue weighted by Gasteiger charge is -2.23. The number of ether oxygens (including phenoxy) is 3. The van der Waals surface area contributed by atoms with Crippen LogP contribution in [0.2, 0.25) is 0 Å². The molecule has 0 fully saturated rings. The third-order valence-corrected chi connectivity index (χ3v) is 5.56. The van der Waals surface area contributed by atoms with E-state index in [1.807, 2.05) is 0 Å². The lowest BCUT2D eigenvalue weighted by atomic mass is 9.93. The van der Waals surface area contributed by atoms with Crippen LogP contribution in [0.25, 0.3) is 0 Å². The van der Waals surface area contributed by atoms with Crippen molar-refractivity contribution in [2.75, 3.05) is 26.4 Å². The van der Waals surface area contributed by atoms with Crippen molar-refractivity contribution in [3.63, 3.8) is 0 Å². The van der Waals surface area contributed by atoms with Crippen LogP contribution >= 0.6 is 0 Å². The summed E-state index contributed by atoms with van der Waals surface area (Å²) in [7, 11) is 0. The van der Waals surface area contributed by atoms with Crippen LogP contribution in [-0.2, 0) is 23.8 Å². The Morgan fingerprint density at radius 1 is 0.806 bits per heavy atom. The largest absolute Gasteiger partial charge is 0.481 e. The van der Waals surface area contributed by atoms with E-state index in [4.69, 9.17) is 19.3 Å². The highest BCUT2D eigenvalue weighted by atomic mass is 16.6. The van der Waals surface area contributed by atoms with Crippen molar-refractivity contribution in [2.45, 2.75) is 117 Å². The standard InChI is InChI=1S/C25H48O6/c1-4-7-14-22(6-3)20-23(30-19-18-29-17-8-5-2)21-31-25(28)16-13-11-9-10-12-15-24(26)27/h22-23H,4-21H2,1-3H3,(H,26,27). The van der Waals surface area contributed by atoms with Gasteiger partial charge < -0.3 is 19.3 Å². The normalized spacial score (nSPS) is 13.1. The number of aliphatic carboxylic acids is 1. The molecule has 0 heterocycles. The topological polar surface area (TPSA) is 82.1 Å². The molecule has 0 spiro atoms. The molecule has 0 aromatic carbocycles. The van der Waals surface area contributed by atoms with Crippen LogP contribution in [0.3, 0.4) is 0 Å². The molecule has 0 amide bonds. The van der Waals surface area contributed by atoms with Crippen molar-refractivity contribution in [3.8, 4) is 0 Å². The summed E-state index contributed by atoms with van der Waals surface area (Å²) in [5.41, 5.74) is 0. The number of carboxylic acids is 1. The third kappa shape index (κ3) is 20.5. The van der Waals surface area contributed by atoms with E-state index in [1.54, 1.807) is 0 Å². The van der Waals surface area contributed by atoms with Gasteiger partial charge >= 0.3 is 11.9 Å². The van der Waals surface area contributed by atoms with E-state index >= 15 is 0 Å². The predicted molar refractivity (Wildman–Crippen MR) is 124 cm³/mol. The van der Waals surface area contributed by atoms with Crippen LogP contribution in [0.4, 0.5) is 0 Å². The fourth-order valence-corrected chi connectivity index (χ4v) is 3.49. The fraction of sp³-hybridized carbons (Fsp3) is 0.920. The molecule has 0 aliphatic carbocycles. The Morgan fingerprint density at radius 3 is 2.13 bits per heavy atom. The molecule has 6 heteroatoms. The van der Waals surface area contributed by atoms with Crippen LogP contribution < -0.4 is 0 Å². The molecule has 0 saturated carbocycles. The molecule has 0 aliphatic heterocycles. The molecule has 0 aromatic heterocycles. The molecular formula is C25H48O6. The summed E-state index contributed by atoms with van der Waals surface area (Å²) in [5, 5.41) is 8.63. The average molecular weight is 445 g/mol. The maximum Gasteiger partial charge on any atom is 0.305 e. The molecule has 0 saturated heterocycles. The van der Waals surface area contributed by atoms with Crippen molar-refractivity contribution >= 4 is 11.9 Å². The number of carbonyl (C=O) groups is 2. The fourth-order valence-electron chi connectivity index (χ4n) is 3.49. The van der Waals surface area contributed by atoms with Gasteiger partial charge in [-0.15, -0.1) is 0 Å². The van der Waals surface area contributed by atoms with E-state index in [1.165, 1.54) is 19.3 Å². The Labute approximate surface area is 190 Å². The van der Waals surface area contributed by atoms with Gasteiger partial charge in [-0.3, -0.25) is 9.59 Å². The first-order valence-electron chi connectivity index (χ1n) is 12.6. The van der Waals surface area contributed by atoms with E-state index in [-0.39, 0.29) is 18.5 Å². The summed E-state index contributed by atoms with van der Waals surface area (Å²) in [6, 6.07) is 0. The quantitative estimate of drug-likeness (QED) is 0.150. The number of carboxylic acid groups (broad SMARTS) is 1. The molecule has 0 bridgehead atoms. The van der Waals surface area contributed by atoms with Gasteiger partial charge in [0, 0.05) is 19.4 Å². The van der Waals surface area contributed by atoms with E-state index in [0.717, 1.165) is 58.0 Å². The summed E-state index contributed by atoms with van der Waals surface area (Å²) in [6.07, 6.45) is 12.7. The van der Waals surface area contributed by atoms with Gasteiger partial charge in [0.2, 0.25) is 0 Å². The zero-order chi connectivity index (χ0) is 23.2. The highest BCUT2D eigenvalue weighted by Gasteiger charge is 2.18. The van der Waals surface area contributed by atoms with Crippen molar-refractivity contribution in [3.05, 3.63) is 0 Å². The minimum atomic E-state index is -0.743. The molecule has 0 radical (unpaired) electrons. The first-order valence-corrected chi connectivity index (χ1v) is 12.6. The molecule has 31 heavy (non-hydrogen) atoms. The van der Waals surface area contributed by atoms with E-state index in [2.05, 4.69) is 20.8 Å². The SMILES string of the molecule is CCCCOCCOC(COC(=O)CCCCCCCC(=O)O)CC(CC)CCCC. The van der Waals surface area contributed by atoms with Gasteiger partial charge in [0.1, 0.15) is 6.61 Å². The Bertz CT molecular complexity index is 426. The molecule has 0 aromatic rings. The van der Waals surface area contributed by atoms with Crippen LogP contribution in [-0.4, -0.2) is 49.6 Å². The Morgan fingerprint density at radius 2 is 1.48 bits per heavy atom. The molecule has 2 unspecified atom stereocenters. The summed E-state index contributed by atoms with van der Waals surface area (Å²) in [5.74, 6) is -0.316. The number of rotatable bonds is 23. The summed E-state index contributed by atoms with van der Waals surface area (Å²) >= 11 is 0. The van der Waals surface area contributed by atoms with Crippen molar-refractivity contribution in [1.29, 1.82) is 0 Å². The maximum absolute atomic E-state index is 12.1. The van der Waals surface area contributed by atoms with E-state index in [0.29, 0.717) is 38.6 Å². The van der Waals surface area contributed by atoms with Gasteiger partial charge in [0.05, 0.1) is 19.3 Å². The molecule has 0 rings (SSSR count). The van der Waals surface area contributed by atoms with Crippen LogP contribution in [0.5, 0.6) is 0 Å². The number of esters is 1. The molecule has 0 aliphatic rings. The Balaban J connectivity index is 4.18. The number of hydrogen-bond donors (Lipinski definition) is 1. The second-order valence-corrected chi connectivity index (χ2v) is 8.46. The number of hydrogen-bond acceptors (Lipinski definition) is 5. The Kier molecular flexibility index (Phi) is 21.3. The minimum absolute atomic E-state index is 0.0726. The summed E-state index contributed by atoms with van der Waals surface area (Å²) in [4.78, 5) is 22.6. The first-order chi connectivity index (χ1) is 15.0. The van der Waals surface area contributed by atoms with Crippen molar-refractivity contribution in [1.82, 2.24) is 0 Å².